The predicted octanol–water partition coefficient (Wildman–Crippen LogP) is 0.688. The van der Waals surface area contributed by atoms with Crippen molar-refractivity contribution in [3.8, 4) is 0 Å². The zero-order chi connectivity index (χ0) is 14.8. The maximum absolute atomic E-state index is 11.6. The Kier molecular flexibility index (Phi) is 7.98. The van der Waals surface area contributed by atoms with Crippen molar-refractivity contribution < 1.29 is 24.2 Å². The molecule has 0 saturated carbocycles. The number of hydrogen-bond donors (Lipinski definition) is 2. The molecule has 7 heteroatoms. The number of hydrogen-bond acceptors (Lipinski definition) is 4. The van der Waals surface area contributed by atoms with Crippen LogP contribution in [0.2, 0.25) is 0 Å². The summed E-state index contributed by atoms with van der Waals surface area (Å²) >= 11 is 0. The van der Waals surface area contributed by atoms with E-state index in [1.807, 2.05) is 0 Å². The first kappa shape index (κ1) is 16.7. The minimum absolute atomic E-state index is 0.0472. The summed E-state index contributed by atoms with van der Waals surface area (Å²) in [5.74, 6) is -0.910. The van der Waals surface area contributed by atoms with Gasteiger partial charge in [-0.2, -0.15) is 0 Å². The number of rotatable bonds is 9. The Balaban J connectivity index is 1.94. The highest BCUT2D eigenvalue weighted by Crippen LogP contribution is 2.11. The minimum Gasteiger partial charge on any atom is -0.481 e. The Hall–Kier alpha value is -1.34. The number of nitrogens with one attached hydrogen (secondary N) is 1. The van der Waals surface area contributed by atoms with Crippen LogP contribution in [0.25, 0.3) is 0 Å². The minimum atomic E-state index is -0.910. The molecule has 0 aromatic carbocycles. The molecule has 0 aromatic heterocycles. The van der Waals surface area contributed by atoms with Gasteiger partial charge in [0.05, 0.1) is 19.1 Å². The quantitative estimate of drug-likeness (QED) is 0.609. The average molecular weight is 288 g/mol. The van der Waals surface area contributed by atoms with E-state index in [0.717, 1.165) is 25.9 Å². The van der Waals surface area contributed by atoms with E-state index in [4.69, 9.17) is 14.6 Å². The van der Waals surface area contributed by atoms with Gasteiger partial charge in [0.2, 0.25) is 0 Å². The van der Waals surface area contributed by atoms with Crippen molar-refractivity contribution in [3.05, 3.63) is 0 Å². The van der Waals surface area contributed by atoms with Gasteiger partial charge in [-0.15, -0.1) is 0 Å². The molecule has 0 spiro atoms. The third kappa shape index (κ3) is 7.30. The largest absolute Gasteiger partial charge is 0.481 e. The molecular weight excluding hydrogens is 264 g/mol. The topological polar surface area (TPSA) is 88.1 Å². The van der Waals surface area contributed by atoms with Crippen LogP contribution in [0.4, 0.5) is 4.79 Å². The molecule has 2 N–H and O–H groups in total. The fourth-order valence-corrected chi connectivity index (χ4v) is 1.86. The number of carboxylic acid groups (broad SMARTS) is 1. The van der Waals surface area contributed by atoms with Crippen molar-refractivity contribution >= 4 is 12.0 Å². The van der Waals surface area contributed by atoms with E-state index in [9.17, 15) is 9.59 Å². The molecule has 0 radical (unpaired) electrons. The van der Waals surface area contributed by atoms with Gasteiger partial charge < -0.3 is 24.8 Å². The summed E-state index contributed by atoms with van der Waals surface area (Å²) in [4.78, 5) is 23.3. The maximum atomic E-state index is 11.6. The molecule has 0 aromatic rings. The number of carbonyl (C=O) groups excluding carboxylic acids is 1. The van der Waals surface area contributed by atoms with Gasteiger partial charge in [0.1, 0.15) is 0 Å². The zero-order valence-corrected chi connectivity index (χ0v) is 12.0. The van der Waals surface area contributed by atoms with Gasteiger partial charge in [0.15, 0.2) is 0 Å². The number of carboxylic acids is 1. The molecule has 1 atom stereocenters. The van der Waals surface area contributed by atoms with Crippen LogP contribution in [-0.4, -0.2) is 68.1 Å². The molecule has 116 valence electrons. The number of nitrogens with zero attached hydrogens (tertiary/aromatic N) is 1. The second-order valence-corrected chi connectivity index (χ2v) is 4.86. The van der Waals surface area contributed by atoms with Crippen molar-refractivity contribution in [1.29, 1.82) is 0 Å². The molecule has 1 fully saturated rings. The molecule has 1 aliphatic heterocycles. The van der Waals surface area contributed by atoms with Gasteiger partial charge in [-0.3, -0.25) is 4.79 Å². The fraction of sp³-hybridized carbons (Fsp3) is 0.846. The second-order valence-electron chi connectivity index (χ2n) is 4.86. The molecule has 0 bridgehead atoms. The number of carbonyl (C=O) groups is 2. The van der Waals surface area contributed by atoms with Crippen molar-refractivity contribution in [1.82, 2.24) is 10.2 Å². The van der Waals surface area contributed by atoms with E-state index >= 15 is 0 Å². The third-order valence-corrected chi connectivity index (χ3v) is 3.08. The van der Waals surface area contributed by atoms with E-state index in [1.54, 1.807) is 7.05 Å². The molecule has 1 unspecified atom stereocenters. The summed E-state index contributed by atoms with van der Waals surface area (Å²) in [6.07, 6.45) is 3.07. The average Bonchev–Trinajstić information content (AvgIpc) is 2.92. The molecule has 1 rings (SSSR count). The highest BCUT2D eigenvalue weighted by Gasteiger charge is 2.15. The Morgan fingerprint density at radius 2 is 2.30 bits per heavy atom. The molecule has 20 heavy (non-hydrogen) atoms. The van der Waals surface area contributed by atoms with Gasteiger partial charge in [-0.05, 0) is 19.3 Å². The van der Waals surface area contributed by atoms with E-state index in [0.29, 0.717) is 19.8 Å². The number of amides is 2. The molecule has 7 nitrogen and oxygen atoms in total. The lowest BCUT2D eigenvalue weighted by atomic mass is 10.2. The van der Waals surface area contributed by atoms with Gasteiger partial charge in [0, 0.05) is 33.4 Å². The van der Waals surface area contributed by atoms with Gasteiger partial charge in [0.25, 0.3) is 0 Å². The lowest BCUT2D eigenvalue weighted by Crippen LogP contribution is -2.39. The van der Waals surface area contributed by atoms with Crippen LogP contribution in [-0.2, 0) is 14.3 Å². The van der Waals surface area contributed by atoms with E-state index in [1.165, 1.54) is 4.90 Å². The summed E-state index contributed by atoms with van der Waals surface area (Å²) in [5, 5.41) is 11.2. The molecule has 1 heterocycles. The normalized spacial score (nSPS) is 17.9. The Morgan fingerprint density at radius 3 is 2.95 bits per heavy atom. The standard InChI is InChI=1S/C13H24N2O5/c1-15(7-5-12(16)17)13(18)14-6-3-8-19-10-11-4-2-9-20-11/h11H,2-10H2,1H3,(H,14,18)(H,16,17). The van der Waals surface area contributed by atoms with Gasteiger partial charge in [-0.1, -0.05) is 0 Å². The third-order valence-electron chi connectivity index (χ3n) is 3.08. The van der Waals surface area contributed by atoms with Crippen LogP contribution in [0, 0.1) is 0 Å². The van der Waals surface area contributed by atoms with Crippen LogP contribution in [0.1, 0.15) is 25.7 Å². The highest BCUT2D eigenvalue weighted by molar-refractivity contribution is 5.74. The van der Waals surface area contributed by atoms with Crippen LogP contribution in [0.3, 0.4) is 0 Å². The summed E-state index contributed by atoms with van der Waals surface area (Å²) in [6.45, 7) is 2.75. The first-order valence-electron chi connectivity index (χ1n) is 6.99. The highest BCUT2D eigenvalue weighted by atomic mass is 16.5. The van der Waals surface area contributed by atoms with Crippen LogP contribution in [0.15, 0.2) is 0 Å². The molecule has 1 saturated heterocycles. The van der Waals surface area contributed by atoms with Crippen LogP contribution >= 0.6 is 0 Å². The summed E-state index contributed by atoms with van der Waals surface area (Å²) in [6, 6.07) is -0.259. The summed E-state index contributed by atoms with van der Waals surface area (Å²) < 4.78 is 10.9. The number of urea groups is 1. The lowest BCUT2D eigenvalue weighted by molar-refractivity contribution is -0.137. The van der Waals surface area contributed by atoms with E-state index in [2.05, 4.69) is 5.32 Å². The monoisotopic (exact) mass is 288 g/mol. The van der Waals surface area contributed by atoms with Crippen molar-refractivity contribution in [2.24, 2.45) is 0 Å². The fourth-order valence-electron chi connectivity index (χ4n) is 1.86. The first-order valence-corrected chi connectivity index (χ1v) is 6.99. The van der Waals surface area contributed by atoms with Crippen LogP contribution in [0.5, 0.6) is 0 Å². The van der Waals surface area contributed by atoms with Crippen molar-refractivity contribution in [2.45, 2.75) is 31.8 Å². The molecular formula is C13H24N2O5. The van der Waals surface area contributed by atoms with E-state index in [-0.39, 0.29) is 25.1 Å². The van der Waals surface area contributed by atoms with Crippen molar-refractivity contribution in [3.63, 3.8) is 0 Å². The zero-order valence-electron chi connectivity index (χ0n) is 12.0. The maximum Gasteiger partial charge on any atom is 0.317 e. The second kappa shape index (κ2) is 9.55. The first-order chi connectivity index (χ1) is 9.59. The smallest absolute Gasteiger partial charge is 0.317 e. The van der Waals surface area contributed by atoms with Gasteiger partial charge in [-0.25, -0.2) is 4.79 Å². The predicted molar refractivity (Wildman–Crippen MR) is 72.7 cm³/mol. The summed E-state index contributed by atoms with van der Waals surface area (Å²) in [5.41, 5.74) is 0. The van der Waals surface area contributed by atoms with Crippen molar-refractivity contribution in [2.75, 3.05) is 40.0 Å². The summed E-state index contributed by atoms with van der Waals surface area (Å²) in [7, 11) is 1.58. The van der Waals surface area contributed by atoms with E-state index < -0.39 is 5.97 Å². The molecule has 0 aliphatic carbocycles. The SMILES string of the molecule is CN(CCC(=O)O)C(=O)NCCCOCC1CCCO1. The van der Waals surface area contributed by atoms with Gasteiger partial charge >= 0.3 is 12.0 Å². The number of aliphatic carboxylic acids is 1. The Labute approximate surface area is 119 Å². The Bertz CT molecular complexity index is 305. The lowest BCUT2D eigenvalue weighted by Gasteiger charge is -2.17. The molecule has 1 aliphatic rings. The van der Waals surface area contributed by atoms with Crippen LogP contribution < -0.4 is 5.32 Å². The Morgan fingerprint density at radius 1 is 1.50 bits per heavy atom. The molecule has 2 amide bonds. The number of ether oxygens (including phenoxy) is 2.